The van der Waals surface area contributed by atoms with Crippen LogP contribution in [0, 0.1) is 0 Å². The summed E-state index contributed by atoms with van der Waals surface area (Å²) in [6, 6.07) is 0.780. The molecule has 1 aliphatic heterocycles. The van der Waals surface area contributed by atoms with E-state index in [9.17, 15) is 0 Å². The van der Waals surface area contributed by atoms with E-state index in [1.165, 1.54) is 19.4 Å². The van der Waals surface area contributed by atoms with Crippen LogP contribution in [-0.2, 0) is 0 Å². The highest BCUT2D eigenvalue weighted by atomic mass is 15.1. The second-order valence-corrected chi connectivity index (χ2v) is 3.02. The van der Waals surface area contributed by atoms with Gasteiger partial charge < -0.3 is 4.90 Å². The highest BCUT2D eigenvalue weighted by Crippen LogP contribution is 2.16. The summed E-state index contributed by atoms with van der Waals surface area (Å²) in [5, 5.41) is 0. The molecule has 0 aliphatic carbocycles. The molecule has 1 heteroatoms. The second kappa shape index (κ2) is 3.65. The topological polar surface area (TPSA) is 3.24 Å². The van der Waals surface area contributed by atoms with Gasteiger partial charge in [0.05, 0.1) is 0 Å². The van der Waals surface area contributed by atoms with Gasteiger partial charge in [-0.1, -0.05) is 13.0 Å². The fourth-order valence-corrected chi connectivity index (χ4v) is 1.42. The molecule has 0 radical (unpaired) electrons. The van der Waals surface area contributed by atoms with Crippen LogP contribution >= 0.6 is 0 Å². The van der Waals surface area contributed by atoms with Gasteiger partial charge in [0.1, 0.15) is 0 Å². The van der Waals surface area contributed by atoms with Crippen molar-refractivity contribution in [1.29, 1.82) is 0 Å². The van der Waals surface area contributed by atoms with E-state index in [0.29, 0.717) is 0 Å². The lowest BCUT2D eigenvalue weighted by atomic mass is 10.2. The third kappa shape index (κ3) is 1.76. The molecule has 0 aromatic heterocycles. The highest BCUT2D eigenvalue weighted by molar-refractivity contribution is 4.88. The second-order valence-electron chi connectivity index (χ2n) is 3.02. The molecule has 1 nitrogen and oxygen atoms in total. The van der Waals surface area contributed by atoms with Crippen molar-refractivity contribution in [2.24, 2.45) is 0 Å². The van der Waals surface area contributed by atoms with Crippen molar-refractivity contribution in [1.82, 2.24) is 4.90 Å². The molecule has 58 valence electrons. The largest absolute Gasteiger partial charge is 0.375 e. The van der Waals surface area contributed by atoms with Crippen LogP contribution in [0.15, 0.2) is 12.3 Å². The van der Waals surface area contributed by atoms with E-state index >= 15 is 0 Å². The normalized spacial score (nSPS) is 26.6. The smallest absolute Gasteiger partial charge is 0.0256 e. The van der Waals surface area contributed by atoms with Crippen molar-refractivity contribution >= 4 is 0 Å². The predicted octanol–water partition coefficient (Wildman–Crippen LogP) is 2.39. The Morgan fingerprint density at radius 3 is 2.90 bits per heavy atom. The van der Waals surface area contributed by atoms with Gasteiger partial charge in [0.2, 0.25) is 0 Å². The van der Waals surface area contributed by atoms with Crippen molar-refractivity contribution < 1.29 is 0 Å². The Bertz CT molecular complexity index is 118. The van der Waals surface area contributed by atoms with Crippen molar-refractivity contribution in [3.63, 3.8) is 0 Å². The van der Waals surface area contributed by atoms with E-state index in [1.807, 2.05) is 0 Å². The van der Waals surface area contributed by atoms with Crippen molar-refractivity contribution in [3.05, 3.63) is 12.3 Å². The van der Waals surface area contributed by atoms with Gasteiger partial charge in [0.15, 0.2) is 0 Å². The van der Waals surface area contributed by atoms with Gasteiger partial charge in [-0.25, -0.2) is 0 Å². The van der Waals surface area contributed by atoms with E-state index in [2.05, 4.69) is 31.0 Å². The van der Waals surface area contributed by atoms with Crippen LogP contribution in [0.5, 0.6) is 0 Å². The standard InChI is InChI=1S/C9H17N/c1-3-4-7-10-8-5-6-9(10)2/h4,7,9H,3,5-6,8H2,1-2H3/b7-4+/t9-/m0/s1. The van der Waals surface area contributed by atoms with Gasteiger partial charge >= 0.3 is 0 Å². The minimum atomic E-state index is 0.780. The summed E-state index contributed by atoms with van der Waals surface area (Å²) in [6.07, 6.45) is 8.38. The highest BCUT2D eigenvalue weighted by Gasteiger charge is 2.15. The fourth-order valence-electron chi connectivity index (χ4n) is 1.42. The molecule has 0 aromatic carbocycles. The summed E-state index contributed by atoms with van der Waals surface area (Å²) < 4.78 is 0. The number of allylic oxidation sites excluding steroid dienone is 1. The third-order valence-electron chi connectivity index (χ3n) is 2.14. The molecule has 1 saturated heterocycles. The average Bonchev–Trinajstić information content (AvgIpc) is 2.31. The van der Waals surface area contributed by atoms with Crippen molar-refractivity contribution in [3.8, 4) is 0 Å². The van der Waals surface area contributed by atoms with Crippen LogP contribution in [-0.4, -0.2) is 17.5 Å². The molecule has 1 fully saturated rings. The zero-order valence-electron chi connectivity index (χ0n) is 7.01. The molecular formula is C9H17N. The lowest BCUT2D eigenvalue weighted by molar-refractivity contribution is 0.371. The van der Waals surface area contributed by atoms with E-state index in [-0.39, 0.29) is 0 Å². The first-order valence-corrected chi connectivity index (χ1v) is 4.27. The van der Waals surface area contributed by atoms with Crippen molar-refractivity contribution in [2.45, 2.75) is 39.2 Å². The molecule has 1 rings (SSSR count). The zero-order chi connectivity index (χ0) is 7.40. The van der Waals surface area contributed by atoms with Gasteiger partial charge in [-0.2, -0.15) is 0 Å². The molecule has 1 atom stereocenters. The van der Waals surface area contributed by atoms with Gasteiger partial charge in [-0.3, -0.25) is 0 Å². The molecule has 0 spiro atoms. The predicted molar refractivity (Wildman–Crippen MR) is 44.8 cm³/mol. The Morgan fingerprint density at radius 2 is 2.40 bits per heavy atom. The monoisotopic (exact) mass is 139 g/mol. The lowest BCUT2D eigenvalue weighted by Gasteiger charge is -2.17. The fraction of sp³-hybridized carbons (Fsp3) is 0.778. The number of likely N-dealkylation sites (tertiary alicyclic amines) is 1. The lowest BCUT2D eigenvalue weighted by Crippen LogP contribution is -2.19. The molecular weight excluding hydrogens is 122 g/mol. The number of nitrogens with zero attached hydrogens (tertiary/aromatic N) is 1. The molecule has 0 amide bonds. The van der Waals surface area contributed by atoms with E-state index in [0.717, 1.165) is 12.5 Å². The Balaban J connectivity index is 2.33. The number of hydrogen-bond acceptors (Lipinski definition) is 1. The molecule has 0 saturated carbocycles. The summed E-state index contributed by atoms with van der Waals surface area (Å²) in [5.74, 6) is 0. The summed E-state index contributed by atoms with van der Waals surface area (Å²) in [6.45, 7) is 5.74. The Kier molecular flexibility index (Phi) is 2.79. The van der Waals surface area contributed by atoms with Crippen LogP contribution in [0.3, 0.4) is 0 Å². The average molecular weight is 139 g/mol. The summed E-state index contributed by atoms with van der Waals surface area (Å²) in [7, 11) is 0. The van der Waals surface area contributed by atoms with Crippen LogP contribution in [0.2, 0.25) is 0 Å². The van der Waals surface area contributed by atoms with Crippen molar-refractivity contribution in [2.75, 3.05) is 6.54 Å². The number of rotatable bonds is 2. The zero-order valence-corrected chi connectivity index (χ0v) is 7.01. The van der Waals surface area contributed by atoms with E-state index in [4.69, 9.17) is 0 Å². The Hall–Kier alpha value is -0.460. The minimum absolute atomic E-state index is 0.780. The molecule has 0 unspecified atom stereocenters. The summed E-state index contributed by atoms with van der Waals surface area (Å²) in [4.78, 5) is 2.43. The van der Waals surface area contributed by atoms with E-state index < -0.39 is 0 Å². The van der Waals surface area contributed by atoms with Gasteiger partial charge in [-0.15, -0.1) is 0 Å². The van der Waals surface area contributed by atoms with E-state index in [1.54, 1.807) is 0 Å². The van der Waals surface area contributed by atoms with Crippen LogP contribution < -0.4 is 0 Å². The maximum atomic E-state index is 2.43. The quantitative estimate of drug-likeness (QED) is 0.568. The van der Waals surface area contributed by atoms with Gasteiger partial charge in [-0.05, 0) is 32.4 Å². The summed E-state index contributed by atoms with van der Waals surface area (Å²) in [5.41, 5.74) is 0. The molecule has 0 N–H and O–H groups in total. The molecule has 10 heavy (non-hydrogen) atoms. The molecule has 1 aliphatic rings. The third-order valence-corrected chi connectivity index (χ3v) is 2.14. The maximum Gasteiger partial charge on any atom is 0.0256 e. The first kappa shape index (κ1) is 7.64. The molecule has 0 aromatic rings. The van der Waals surface area contributed by atoms with Gasteiger partial charge in [0, 0.05) is 12.6 Å². The van der Waals surface area contributed by atoms with Crippen LogP contribution in [0.25, 0.3) is 0 Å². The SMILES string of the molecule is CC/C=C/N1CCC[C@@H]1C. The number of hydrogen-bond donors (Lipinski definition) is 0. The van der Waals surface area contributed by atoms with Crippen LogP contribution in [0.1, 0.15) is 33.1 Å². The Morgan fingerprint density at radius 1 is 1.60 bits per heavy atom. The molecule has 0 bridgehead atoms. The summed E-state index contributed by atoms with van der Waals surface area (Å²) >= 11 is 0. The Labute approximate surface area is 63.7 Å². The maximum absolute atomic E-state index is 2.43. The first-order valence-electron chi connectivity index (χ1n) is 4.27. The molecule has 1 heterocycles. The minimum Gasteiger partial charge on any atom is -0.375 e. The first-order chi connectivity index (χ1) is 4.84. The van der Waals surface area contributed by atoms with Crippen LogP contribution in [0.4, 0.5) is 0 Å². The van der Waals surface area contributed by atoms with Gasteiger partial charge in [0.25, 0.3) is 0 Å².